The van der Waals surface area contributed by atoms with Crippen LogP contribution in [0.2, 0.25) is 0 Å². The quantitative estimate of drug-likeness (QED) is 0.397. The molecule has 0 saturated heterocycles. The molecule has 2 unspecified atom stereocenters. The molecule has 1 saturated carbocycles. The first kappa shape index (κ1) is 22.5. The molecule has 0 radical (unpaired) electrons. The molecule has 0 amide bonds. The van der Waals surface area contributed by atoms with Gasteiger partial charge in [-0.2, -0.15) is 0 Å². The Hall–Kier alpha value is -1.70. The van der Waals surface area contributed by atoms with E-state index in [1.165, 1.54) is 30.4 Å². The number of hydrogen-bond acceptors (Lipinski definition) is 3. The van der Waals surface area contributed by atoms with Gasteiger partial charge in [-0.15, -0.1) is 0 Å². The van der Waals surface area contributed by atoms with Crippen LogP contribution in [0.3, 0.4) is 0 Å². The van der Waals surface area contributed by atoms with Crippen molar-refractivity contribution in [3.8, 4) is 0 Å². The lowest BCUT2D eigenvalue weighted by Crippen LogP contribution is -2.25. The van der Waals surface area contributed by atoms with E-state index in [1.807, 2.05) is 0 Å². The standard InChI is InChI=1S/C27H37O3P/c1-8-22(16-21-10-9-11-27(21,6)7)28-31-29-25-19(4)12-17(2)14-23(25)24-15-18(3)13-20(5)26(24)30-31/h12-15,21-22H,8-11,16H2,1-7H3. The zero-order valence-electron chi connectivity index (χ0n) is 20.2. The van der Waals surface area contributed by atoms with E-state index < -0.39 is 8.24 Å². The topological polar surface area (TPSA) is 35.5 Å². The molecule has 3 nitrogen and oxygen atoms in total. The van der Waals surface area contributed by atoms with Crippen LogP contribution in [-0.2, 0) is 0 Å². The minimum Gasteiger partial charge on any atom is -0.399 e. The molecule has 2 atom stereocenters. The third kappa shape index (κ3) is 4.59. The van der Waals surface area contributed by atoms with Gasteiger partial charge in [0.2, 0.25) is 0 Å². The van der Waals surface area contributed by atoms with E-state index in [0.717, 1.165) is 45.9 Å². The van der Waals surface area contributed by atoms with E-state index in [-0.39, 0.29) is 6.10 Å². The van der Waals surface area contributed by atoms with Gasteiger partial charge in [0.1, 0.15) is 11.2 Å². The third-order valence-corrected chi connectivity index (χ3v) is 8.31. The molecule has 2 aromatic carbocycles. The van der Waals surface area contributed by atoms with Crippen LogP contribution in [0.25, 0.3) is 21.9 Å². The van der Waals surface area contributed by atoms with Crippen molar-refractivity contribution < 1.29 is 12.9 Å². The highest BCUT2D eigenvalue weighted by atomic mass is 31.1. The molecular formula is C27H37O3P. The fraction of sp³-hybridized carbons (Fsp3) is 0.556. The van der Waals surface area contributed by atoms with E-state index >= 15 is 0 Å². The zero-order valence-corrected chi connectivity index (χ0v) is 21.1. The van der Waals surface area contributed by atoms with Crippen molar-refractivity contribution >= 4 is 30.2 Å². The maximum Gasteiger partial charge on any atom is 0.387 e. The van der Waals surface area contributed by atoms with Crippen molar-refractivity contribution in [2.45, 2.75) is 86.7 Å². The Morgan fingerprint density at radius 2 is 1.52 bits per heavy atom. The van der Waals surface area contributed by atoms with Crippen LogP contribution >= 0.6 is 8.24 Å². The summed E-state index contributed by atoms with van der Waals surface area (Å²) in [6, 6.07) is 8.78. The van der Waals surface area contributed by atoms with Crippen LogP contribution in [0.1, 0.15) is 75.1 Å². The summed E-state index contributed by atoms with van der Waals surface area (Å²) in [5.41, 5.74) is 6.92. The molecule has 0 aliphatic heterocycles. The van der Waals surface area contributed by atoms with Gasteiger partial charge < -0.3 is 8.39 Å². The number of hydrogen-bond donors (Lipinski definition) is 0. The van der Waals surface area contributed by atoms with E-state index in [9.17, 15) is 0 Å². The molecule has 31 heavy (non-hydrogen) atoms. The summed E-state index contributed by atoms with van der Waals surface area (Å²) in [5, 5.41) is 2.22. The number of aryl methyl sites for hydroxylation is 4. The first-order valence-corrected chi connectivity index (χ1v) is 12.8. The van der Waals surface area contributed by atoms with Crippen LogP contribution in [-0.4, -0.2) is 6.10 Å². The number of rotatable bonds is 5. The van der Waals surface area contributed by atoms with Gasteiger partial charge in [0.05, 0.1) is 6.10 Å². The monoisotopic (exact) mass is 440 g/mol. The lowest BCUT2D eigenvalue weighted by atomic mass is 9.78. The maximum atomic E-state index is 6.58. The minimum absolute atomic E-state index is 0.148. The number of benzene rings is 2. The van der Waals surface area contributed by atoms with Crippen LogP contribution in [0.5, 0.6) is 0 Å². The molecule has 0 bridgehead atoms. The summed E-state index contributed by atoms with van der Waals surface area (Å²) in [5.74, 6) is 0.702. The van der Waals surface area contributed by atoms with Crippen molar-refractivity contribution in [2.24, 2.45) is 11.3 Å². The van der Waals surface area contributed by atoms with E-state index in [1.54, 1.807) is 0 Å². The van der Waals surface area contributed by atoms with Crippen molar-refractivity contribution in [1.29, 1.82) is 0 Å². The molecule has 0 N–H and O–H groups in total. The Labute approximate surface area is 187 Å². The fourth-order valence-electron chi connectivity index (χ4n) is 5.32. The van der Waals surface area contributed by atoms with Gasteiger partial charge in [0, 0.05) is 10.8 Å². The molecular weight excluding hydrogens is 403 g/mol. The molecule has 4 heteroatoms. The number of fused-ring (bicyclic) bond motifs is 3. The van der Waals surface area contributed by atoms with Crippen molar-refractivity contribution in [2.75, 3.05) is 0 Å². The summed E-state index contributed by atoms with van der Waals surface area (Å²) >= 11 is 0. The zero-order chi connectivity index (χ0) is 22.3. The third-order valence-electron chi connectivity index (χ3n) is 7.18. The highest BCUT2D eigenvalue weighted by Gasteiger charge is 2.36. The molecule has 1 heterocycles. The normalized spacial score (nSPS) is 19.3. The lowest BCUT2D eigenvalue weighted by molar-refractivity contribution is 0.155. The first-order chi connectivity index (χ1) is 14.7. The minimum atomic E-state index is -1.52. The summed E-state index contributed by atoms with van der Waals surface area (Å²) in [4.78, 5) is 0. The van der Waals surface area contributed by atoms with Crippen LogP contribution in [0.15, 0.2) is 32.7 Å². The first-order valence-electron chi connectivity index (χ1n) is 11.7. The Balaban J connectivity index is 1.83. The van der Waals surface area contributed by atoms with Gasteiger partial charge >= 0.3 is 8.24 Å². The fourth-order valence-corrected chi connectivity index (χ4v) is 6.71. The predicted octanol–water partition coefficient (Wildman–Crippen LogP) is 8.95. The van der Waals surface area contributed by atoms with E-state index in [2.05, 4.69) is 72.7 Å². The second-order valence-corrected chi connectivity index (χ2v) is 11.3. The maximum absolute atomic E-state index is 6.58. The molecule has 1 aliphatic rings. The molecule has 168 valence electrons. The Bertz CT molecular complexity index is 1070. The van der Waals surface area contributed by atoms with Crippen LogP contribution in [0.4, 0.5) is 0 Å². The average molecular weight is 441 g/mol. The smallest absolute Gasteiger partial charge is 0.387 e. The molecule has 1 aromatic heterocycles. The molecule has 1 fully saturated rings. The second kappa shape index (κ2) is 8.68. The van der Waals surface area contributed by atoms with Gasteiger partial charge in [0.15, 0.2) is 0 Å². The Morgan fingerprint density at radius 1 is 0.968 bits per heavy atom. The van der Waals surface area contributed by atoms with Crippen molar-refractivity contribution in [3.63, 3.8) is 0 Å². The van der Waals surface area contributed by atoms with E-state index in [0.29, 0.717) is 11.3 Å². The highest BCUT2D eigenvalue weighted by Crippen LogP contribution is 2.46. The molecule has 1 aliphatic carbocycles. The Kier molecular flexibility index (Phi) is 6.30. The summed E-state index contributed by atoms with van der Waals surface area (Å²) in [7, 11) is -1.52. The average Bonchev–Trinajstić information content (AvgIpc) is 2.93. The van der Waals surface area contributed by atoms with Gasteiger partial charge in [-0.1, -0.05) is 39.3 Å². The van der Waals surface area contributed by atoms with Crippen LogP contribution in [0, 0.1) is 39.0 Å². The van der Waals surface area contributed by atoms with Gasteiger partial charge in [-0.25, -0.2) is 0 Å². The van der Waals surface area contributed by atoms with Gasteiger partial charge in [-0.3, -0.25) is 4.52 Å². The SMILES string of the molecule is CCC(CC1CCCC1(C)C)Op1oc2c(C)cc(C)cc2c2cc(C)cc(C)c2o1. The second-order valence-electron chi connectivity index (χ2n) is 10.3. The molecule has 3 aromatic rings. The largest absolute Gasteiger partial charge is 0.399 e. The molecule has 4 rings (SSSR count). The van der Waals surface area contributed by atoms with Gasteiger partial charge in [0.25, 0.3) is 0 Å². The predicted molar refractivity (Wildman–Crippen MR) is 132 cm³/mol. The summed E-state index contributed by atoms with van der Waals surface area (Å²) < 4.78 is 19.6. The Morgan fingerprint density at radius 3 is 1.97 bits per heavy atom. The van der Waals surface area contributed by atoms with Crippen LogP contribution < -0.4 is 4.52 Å². The van der Waals surface area contributed by atoms with Crippen molar-refractivity contribution in [1.82, 2.24) is 0 Å². The van der Waals surface area contributed by atoms with E-state index in [4.69, 9.17) is 12.9 Å². The van der Waals surface area contributed by atoms with Gasteiger partial charge in [-0.05, 0) is 99.1 Å². The highest BCUT2D eigenvalue weighted by molar-refractivity contribution is 7.31. The lowest BCUT2D eigenvalue weighted by Gasteiger charge is -2.29. The summed E-state index contributed by atoms with van der Waals surface area (Å²) in [6.07, 6.45) is 6.14. The van der Waals surface area contributed by atoms with Crippen molar-refractivity contribution in [3.05, 3.63) is 46.5 Å². The molecule has 0 spiro atoms. The summed E-state index contributed by atoms with van der Waals surface area (Å²) in [6.45, 7) is 15.5.